The molecule has 1 atom stereocenters. The summed E-state index contributed by atoms with van der Waals surface area (Å²) in [5, 5.41) is 4.92. The number of para-hydroxylation sites is 1. The Hall–Kier alpha value is -2.72. The first-order chi connectivity index (χ1) is 17.8. The summed E-state index contributed by atoms with van der Waals surface area (Å²) in [4.78, 5) is 17.4. The van der Waals surface area contributed by atoms with Crippen LogP contribution in [0.2, 0.25) is 0 Å². The molecule has 8 nitrogen and oxygen atoms in total. The van der Waals surface area contributed by atoms with E-state index in [2.05, 4.69) is 11.1 Å². The van der Waals surface area contributed by atoms with Gasteiger partial charge in [-0.2, -0.15) is 5.10 Å². The second-order valence-electron chi connectivity index (χ2n) is 9.13. The van der Waals surface area contributed by atoms with Crippen molar-refractivity contribution in [2.75, 3.05) is 58.4 Å². The summed E-state index contributed by atoms with van der Waals surface area (Å²) in [6.07, 6.45) is 3.02. The summed E-state index contributed by atoms with van der Waals surface area (Å²) in [7, 11) is 0. The number of nitrogens with zero attached hydrogens (tertiary/aromatic N) is 4. The number of fused-ring (bicyclic) bond motifs is 1. The molecular formula is C27H31ClN4O4S. The van der Waals surface area contributed by atoms with Crippen LogP contribution >= 0.6 is 24.2 Å². The van der Waals surface area contributed by atoms with E-state index in [0.717, 1.165) is 79.8 Å². The highest BCUT2D eigenvalue weighted by Crippen LogP contribution is 2.44. The highest BCUT2D eigenvalue weighted by molar-refractivity contribution is 8.00. The minimum absolute atomic E-state index is 0. The van der Waals surface area contributed by atoms with Crippen LogP contribution in [0.4, 0.5) is 0 Å². The highest BCUT2D eigenvalue weighted by atomic mass is 35.5. The number of carbonyl (C=O) groups excluding carboxylic acids is 1. The first-order valence-electron chi connectivity index (χ1n) is 12.5. The molecular weight excluding hydrogens is 512 g/mol. The van der Waals surface area contributed by atoms with E-state index < -0.39 is 0 Å². The molecule has 0 saturated carbocycles. The van der Waals surface area contributed by atoms with Crippen LogP contribution in [-0.4, -0.2) is 83.8 Å². The van der Waals surface area contributed by atoms with Crippen LogP contribution in [-0.2, 0) is 9.53 Å². The molecule has 37 heavy (non-hydrogen) atoms. The molecule has 1 amide bonds. The fraction of sp³-hybridized carbons (Fsp3) is 0.407. The van der Waals surface area contributed by atoms with E-state index in [9.17, 15) is 4.79 Å². The van der Waals surface area contributed by atoms with E-state index in [1.165, 1.54) is 0 Å². The van der Waals surface area contributed by atoms with Crippen molar-refractivity contribution >= 4 is 30.1 Å². The molecule has 0 aliphatic carbocycles. The molecule has 1 unspecified atom stereocenters. The van der Waals surface area contributed by atoms with E-state index in [-0.39, 0.29) is 23.7 Å². The lowest BCUT2D eigenvalue weighted by Crippen LogP contribution is -2.38. The molecule has 3 aromatic rings. The lowest BCUT2D eigenvalue weighted by atomic mass is 10.1. The molecule has 4 heterocycles. The normalized spacial score (nSPS) is 19.6. The SMILES string of the molecule is Cl.O=C1CSC(c2cn(-c3ccccc3)nc2-c2ccc3c(c2)OCCO3)N1CCCN1CCOCC1. The zero-order valence-electron chi connectivity index (χ0n) is 20.6. The second kappa shape index (κ2) is 11.8. The predicted octanol–water partition coefficient (Wildman–Crippen LogP) is 4.03. The Morgan fingerprint density at radius 2 is 1.73 bits per heavy atom. The van der Waals surface area contributed by atoms with Crippen molar-refractivity contribution in [3.63, 3.8) is 0 Å². The van der Waals surface area contributed by atoms with Crippen LogP contribution in [0.15, 0.2) is 54.7 Å². The first-order valence-corrected chi connectivity index (χ1v) is 13.6. The topological polar surface area (TPSA) is 69.1 Å². The maximum absolute atomic E-state index is 13.0. The van der Waals surface area contributed by atoms with E-state index in [1.54, 1.807) is 11.8 Å². The molecule has 0 radical (unpaired) electrons. The van der Waals surface area contributed by atoms with Gasteiger partial charge in [0.1, 0.15) is 18.6 Å². The van der Waals surface area contributed by atoms with Gasteiger partial charge in [0.2, 0.25) is 5.91 Å². The number of thioether (sulfide) groups is 1. The number of amides is 1. The largest absolute Gasteiger partial charge is 0.486 e. The van der Waals surface area contributed by atoms with Crippen LogP contribution in [0.1, 0.15) is 17.4 Å². The van der Waals surface area contributed by atoms with Crippen LogP contribution < -0.4 is 9.47 Å². The van der Waals surface area contributed by atoms with Crippen molar-refractivity contribution in [2.45, 2.75) is 11.8 Å². The minimum Gasteiger partial charge on any atom is -0.486 e. The van der Waals surface area contributed by atoms with Gasteiger partial charge < -0.3 is 19.1 Å². The van der Waals surface area contributed by atoms with Crippen LogP contribution in [0, 0.1) is 0 Å². The van der Waals surface area contributed by atoms with Gasteiger partial charge in [-0.1, -0.05) is 18.2 Å². The Labute approximate surface area is 227 Å². The predicted molar refractivity (Wildman–Crippen MR) is 146 cm³/mol. The number of ether oxygens (including phenoxy) is 3. The van der Waals surface area contributed by atoms with Gasteiger partial charge >= 0.3 is 0 Å². The van der Waals surface area contributed by atoms with Gasteiger partial charge in [-0.05, 0) is 36.8 Å². The van der Waals surface area contributed by atoms with Gasteiger partial charge in [0, 0.05) is 43.5 Å². The number of benzene rings is 2. The van der Waals surface area contributed by atoms with Crippen LogP contribution in [0.25, 0.3) is 16.9 Å². The monoisotopic (exact) mass is 542 g/mol. The molecule has 196 valence electrons. The van der Waals surface area contributed by atoms with Crippen molar-refractivity contribution in [1.82, 2.24) is 19.6 Å². The number of halogens is 1. The van der Waals surface area contributed by atoms with Gasteiger partial charge in [0.05, 0.1) is 30.3 Å². The smallest absolute Gasteiger partial charge is 0.233 e. The molecule has 0 spiro atoms. The summed E-state index contributed by atoms with van der Waals surface area (Å²) in [5.41, 5.74) is 3.84. The van der Waals surface area contributed by atoms with Crippen LogP contribution in [0.5, 0.6) is 11.5 Å². The average Bonchev–Trinajstić information content (AvgIpc) is 3.53. The molecule has 3 aliphatic heterocycles. The quantitative estimate of drug-likeness (QED) is 0.446. The minimum atomic E-state index is -0.0807. The van der Waals surface area contributed by atoms with Gasteiger partial charge in [0.25, 0.3) is 0 Å². The molecule has 0 bridgehead atoms. The molecule has 6 rings (SSSR count). The zero-order valence-corrected chi connectivity index (χ0v) is 22.2. The maximum atomic E-state index is 13.0. The van der Waals surface area contributed by atoms with E-state index in [0.29, 0.717) is 19.0 Å². The Morgan fingerprint density at radius 1 is 0.946 bits per heavy atom. The molecule has 2 aromatic carbocycles. The molecule has 3 aliphatic rings. The molecule has 2 fully saturated rings. The Kier molecular flexibility index (Phi) is 8.24. The third-order valence-electron chi connectivity index (χ3n) is 6.79. The third-order valence-corrected chi connectivity index (χ3v) is 8.03. The first kappa shape index (κ1) is 25.9. The summed E-state index contributed by atoms with van der Waals surface area (Å²) >= 11 is 1.68. The molecule has 1 aromatic heterocycles. The average molecular weight is 543 g/mol. The molecule has 0 N–H and O–H groups in total. The van der Waals surface area contributed by atoms with Gasteiger partial charge in [-0.3, -0.25) is 9.69 Å². The van der Waals surface area contributed by atoms with Crippen molar-refractivity contribution in [1.29, 1.82) is 0 Å². The summed E-state index contributed by atoms with van der Waals surface area (Å²) in [5.74, 6) is 2.16. The van der Waals surface area contributed by atoms with Crippen molar-refractivity contribution in [3.05, 3.63) is 60.3 Å². The van der Waals surface area contributed by atoms with Gasteiger partial charge in [-0.15, -0.1) is 24.2 Å². The third kappa shape index (κ3) is 5.60. The Morgan fingerprint density at radius 3 is 2.54 bits per heavy atom. The van der Waals surface area contributed by atoms with Crippen molar-refractivity contribution < 1.29 is 19.0 Å². The van der Waals surface area contributed by atoms with Crippen LogP contribution in [0.3, 0.4) is 0 Å². The Bertz CT molecular complexity index is 1220. The Balaban J connectivity index is 0.00000280. The maximum Gasteiger partial charge on any atom is 0.233 e. The zero-order chi connectivity index (χ0) is 24.3. The number of rotatable bonds is 7. The number of morpholine rings is 1. The lowest BCUT2D eigenvalue weighted by molar-refractivity contribution is -0.128. The van der Waals surface area contributed by atoms with E-state index in [1.807, 2.05) is 58.1 Å². The second-order valence-corrected chi connectivity index (χ2v) is 10.2. The summed E-state index contributed by atoms with van der Waals surface area (Å²) in [6.45, 7) is 6.30. The molecule has 10 heteroatoms. The number of carbonyl (C=O) groups is 1. The summed E-state index contributed by atoms with van der Waals surface area (Å²) in [6, 6.07) is 16.1. The lowest BCUT2D eigenvalue weighted by Gasteiger charge is -2.28. The summed E-state index contributed by atoms with van der Waals surface area (Å²) < 4.78 is 19.0. The van der Waals surface area contributed by atoms with Gasteiger partial charge in [0.15, 0.2) is 11.5 Å². The number of hydrogen-bond donors (Lipinski definition) is 0. The number of aromatic nitrogens is 2. The standard InChI is InChI=1S/C27H30N4O4S.ClH/c32-25-19-36-27(30(25)10-4-9-29-11-13-33-14-12-29)22-18-31(21-5-2-1-3-6-21)28-26(22)20-7-8-23-24(17-20)35-16-15-34-23;/h1-3,5-8,17-18,27H,4,9-16,19H2;1H. The fourth-order valence-electron chi connectivity index (χ4n) is 4.94. The highest BCUT2D eigenvalue weighted by Gasteiger charge is 2.36. The molecule has 2 saturated heterocycles. The number of hydrogen-bond acceptors (Lipinski definition) is 7. The van der Waals surface area contributed by atoms with E-state index >= 15 is 0 Å². The van der Waals surface area contributed by atoms with Crippen molar-refractivity contribution in [2.24, 2.45) is 0 Å². The van der Waals surface area contributed by atoms with E-state index in [4.69, 9.17) is 19.3 Å². The van der Waals surface area contributed by atoms with Gasteiger partial charge in [-0.25, -0.2) is 4.68 Å². The fourth-order valence-corrected chi connectivity index (χ4v) is 6.16. The van der Waals surface area contributed by atoms with Crippen molar-refractivity contribution in [3.8, 4) is 28.4 Å².